The summed E-state index contributed by atoms with van der Waals surface area (Å²) in [5.41, 5.74) is 0.555. The lowest BCUT2D eigenvalue weighted by atomic mass is 10.1. The fourth-order valence-electron chi connectivity index (χ4n) is 1.92. The number of sulfonamides is 1. The Morgan fingerprint density at radius 3 is 2.55 bits per heavy atom. The lowest BCUT2D eigenvalue weighted by Gasteiger charge is -2.11. The number of carboxylic acids is 1. The Labute approximate surface area is 127 Å². The number of halogens is 1. The van der Waals surface area contributed by atoms with E-state index in [1.807, 2.05) is 6.92 Å². The van der Waals surface area contributed by atoms with E-state index in [1.165, 1.54) is 24.3 Å². The first-order chi connectivity index (χ1) is 10.3. The third-order valence-electron chi connectivity index (χ3n) is 3.07. The van der Waals surface area contributed by atoms with E-state index in [9.17, 15) is 22.7 Å². The van der Waals surface area contributed by atoms with Gasteiger partial charge in [-0.15, -0.1) is 0 Å². The molecular weight excluding hydrogens is 309 g/mol. The summed E-state index contributed by atoms with van der Waals surface area (Å²) in [4.78, 5) is 11.0. The normalized spacial score (nSPS) is 11.2. The molecule has 0 fully saturated rings. The summed E-state index contributed by atoms with van der Waals surface area (Å²) >= 11 is 0. The van der Waals surface area contributed by atoms with Crippen LogP contribution in [0, 0.1) is 5.82 Å². The average Bonchev–Trinajstić information content (AvgIpc) is 2.47. The van der Waals surface area contributed by atoms with Crippen LogP contribution in [0.15, 0.2) is 47.4 Å². The van der Waals surface area contributed by atoms with E-state index in [4.69, 9.17) is 0 Å². The SMILES string of the molecule is CCc1ccc(NS(=O)(=O)c2cccc(F)c2)c(C(=O)O)c1. The fraction of sp³-hybridized carbons (Fsp3) is 0.133. The van der Waals surface area contributed by atoms with Crippen LogP contribution in [0.4, 0.5) is 10.1 Å². The predicted octanol–water partition coefficient (Wildman–Crippen LogP) is 2.89. The van der Waals surface area contributed by atoms with E-state index in [-0.39, 0.29) is 16.1 Å². The van der Waals surface area contributed by atoms with Crippen LogP contribution in [0.2, 0.25) is 0 Å². The second kappa shape index (κ2) is 6.15. The van der Waals surface area contributed by atoms with Crippen molar-refractivity contribution in [1.29, 1.82) is 0 Å². The summed E-state index contributed by atoms with van der Waals surface area (Å²) in [6, 6.07) is 8.91. The molecule has 0 bridgehead atoms. The lowest BCUT2D eigenvalue weighted by molar-refractivity contribution is 0.0698. The van der Waals surface area contributed by atoms with E-state index < -0.39 is 21.8 Å². The van der Waals surface area contributed by atoms with Crippen molar-refractivity contribution in [2.24, 2.45) is 0 Å². The van der Waals surface area contributed by atoms with Crippen LogP contribution in [0.5, 0.6) is 0 Å². The molecule has 0 heterocycles. The molecule has 116 valence electrons. The molecule has 0 aliphatic heterocycles. The fourth-order valence-corrected chi connectivity index (χ4v) is 3.03. The van der Waals surface area contributed by atoms with Gasteiger partial charge in [0.25, 0.3) is 10.0 Å². The quantitative estimate of drug-likeness (QED) is 0.886. The van der Waals surface area contributed by atoms with E-state index >= 15 is 0 Å². The number of benzene rings is 2. The Kier molecular flexibility index (Phi) is 4.46. The second-order valence-electron chi connectivity index (χ2n) is 4.60. The van der Waals surface area contributed by atoms with Gasteiger partial charge in [0.15, 0.2) is 0 Å². The maximum absolute atomic E-state index is 13.2. The van der Waals surface area contributed by atoms with Crippen LogP contribution in [-0.2, 0) is 16.4 Å². The molecule has 22 heavy (non-hydrogen) atoms. The van der Waals surface area contributed by atoms with Gasteiger partial charge in [-0.2, -0.15) is 0 Å². The Hall–Kier alpha value is -2.41. The summed E-state index contributed by atoms with van der Waals surface area (Å²) in [5.74, 6) is -1.94. The number of anilines is 1. The molecule has 0 spiro atoms. The molecule has 0 saturated carbocycles. The molecule has 2 aromatic rings. The maximum atomic E-state index is 13.2. The number of hydrogen-bond donors (Lipinski definition) is 2. The summed E-state index contributed by atoms with van der Waals surface area (Å²) in [6.07, 6.45) is 0.622. The van der Waals surface area contributed by atoms with E-state index in [0.29, 0.717) is 6.42 Å². The van der Waals surface area contributed by atoms with E-state index in [2.05, 4.69) is 4.72 Å². The van der Waals surface area contributed by atoms with Gasteiger partial charge in [-0.3, -0.25) is 4.72 Å². The van der Waals surface area contributed by atoms with Crippen molar-refractivity contribution in [2.45, 2.75) is 18.2 Å². The monoisotopic (exact) mass is 323 g/mol. The zero-order chi connectivity index (χ0) is 16.3. The van der Waals surface area contributed by atoms with Crippen molar-refractivity contribution in [2.75, 3.05) is 4.72 Å². The van der Waals surface area contributed by atoms with Crippen LogP contribution in [0.1, 0.15) is 22.8 Å². The zero-order valence-corrected chi connectivity index (χ0v) is 12.5. The van der Waals surface area contributed by atoms with Crippen molar-refractivity contribution in [1.82, 2.24) is 0 Å². The minimum absolute atomic E-state index is 0.0611. The van der Waals surface area contributed by atoms with Crippen LogP contribution >= 0.6 is 0 Å². The highest BCUT2D eigenvalue weighted by Crippen LogP contribution is 2.22. The highest BCUT2D eigenvalue weighted by molar-refractivity contribution is 7.92. The predicted molar refractivity (Wildman–Crippen MR) is 80.0 cm³/mol. The molecule has 0 aliphatic carbocycles. The van der Waals surface area contributed by atoms with Crippen LogP contribution in [0.25, 0.3) is 0 Å². The minimum atomic E-state index is -4.06. The molecular formula is C15H14FNO4S. The molecule has 2 aromatic carbocycles. The van der Waals surface area contributed by atoms with Crippen molar-refractivity contribution in [3.05, 3.63) is 59.4 Å². The van der Waals surface area contributed by atoms with E-state index in [0.717, 1.165) is 17.7 Å². The first-order valence-corrected chi connectivity index (χ1v) is 7.96. The smallest absolute Gasteiger partial charge is 0.337 e. The molecule has 0 unspecified atom stereocenters. The van der Waals surface area contributed by atoms with Gasteiger partial charge in [0.05, 0.1) is 16.1 Å². The molecule has 0 saturated heterocycles. The second-order valence-corrected chi connectivity index (χ2v) is 6.28. The molecule has 0 atom stereocenters. The number of carbonyl (C=O) groups is 1. The molecule has 2 N–H and O–H groups in total. The standard InChI is InChI=1S/C15H14FNO4S/c1-2-10-6-7-14(13(8-10)15(18)19)17-22(20,21)12-5-3-4-11(16)9-12/h3-9,17H,2H2,1H3,(H,18,19). The number of aryl methyl sites for hydroxylation is 1. The van der Waals surface area contributed by atoms with Gasteiger partial charge in [-0.25, -0.2) is 17.6 Å². The molecule has 0 amide bonds. The number of rotatable bonds is 5. The van der Waals surface area contributed by atoms with Crippen molar-refractivity contribution in [3.63, 3.8) is 0 Å². The molecule has 0 radical (unpaired) electrons. The van der Waals surface area contributed by atoms with Crippen LogP contribution in [0.3, 0.4) is 0 Å². The highest BCUT2D eigenvalue weighted by Gasteiger charge is 2.19. The Morgan fingerprint density at radius 1 is 1.23 bits per heavy atom. The Morgan fingerprint density at radius 2 is 1.95 bits per heavy atom. The van der Waals surface area contributed by atoms with Crippen LogP contribution in [-0.4, -0.2) is 19.5 Å². The molecule has 0 aromatic heterocycles. The van der Waals surface area contributed by atoms with Gasteiger partial charge in [0.1, 0.15) is 5.82 Å². The van der Waals surface area contributed by atoms with Gasteiger partial charge in [-0.1, -0.05) is 19.1 Å². The third kappa shape index (κ3) is 3.43. The lowest BCUT2D eigenvalue weighted by Crippen LogP contribution is -2.16. The van der Waals surface area contributed by atoms with Gasteiger partial charge in [0.2, 0.25) is 0 Å². The topological polar surface area (TPSA) is 83.5 Å². The average molecular weight is 323 g/mol. The van der Waals surface area contributed by atoms with Gasteiger partial charge < -0.3 is 5.11 Å². The summed E-state index contributed by atoms with van der Waals surface area (Å²) in [7, 11) is -4.06. The molecule has 2 rings (SSSR count). The zero-order valence-electron chi connectivity index (χ0n) is 11.7. The number of nitrogens with one attached hydrogen (secondary N) is 1. The summed E-state index contributed by atoms with van der Waals surface area (Å²) in [6.45, 7) is 1.86. The Balaban J connectivity index is 2.44. The maximum Gasteiger partial charge on any atom is 0.337 e. The third-order valence-corrected chi connectivity index (χ3v) is 4.44. The van der Waals surface area contributed by atoms with E-state index in [1.54, 1.807) is 6.07 Å². The largest absolute Gasteiger partial charge is 0.478 e. The Bertz CT molecular complexity index is 818. The first-order valence-electron chi connectivity index (χ1n) is 6.48. The number of carboxylic acid groups (broad SMARTS) is 1. The molecule has 0 aliphatic rings. The van der Waals surface area contributed by atoms with Crippen LogP contribution < -0.4 is 4.72 Å². The van der Waals surface area contributed by atoms with Gasteiger partial charge in [0, 0.05) is 0 Å². The number of hydrogen-bond acceptors (Lipinski definition) is 3. The summed E-state index contributed by atoms with van der Waals surface area (Å²) in [5, 5.41) is 9.20. The molecule has 5 nitrogen and oxygen atoms in total. The summed E-state index contributed by atoms with van der Waals surface area (Å²) < 4.78 is 39.8. The first kappa shape index (κ1) is 16.0. The van der Waals surface area contributed by atoms with Gasteiger partial charge >= 0.3 is 5.97 Å². The molecule has 7 heteroatoms. The van der Waals surface area contributed by atoms with Gasteiger partial charge in [-0.05, 0) is 42.3 Å². The van der Waals surface area contributed by atoms with Crippen molar-refractivity contribution >= 4 is 21.7 Å². The number of aromatic carboxylic acids is 1. The minimum Gasteiger partial charge on any atom is -0.478 e. The van der Waals surface area contributed by atoms with Crippen molar-refractivity contribution < 1.29 is 22.7 Å². The van der Waals surface area contributed by atoms with Crippen molar-refractivity contribution in [3.8, 4) is 0 Å². The highest BCUT2D eigenvalue weighted by atomic mass is 32.2.